The van der Waals surface area contributed by atoms with Crippen LogP contribution in [-0.2, 0) is 0 Å². The highest BCUT2D eigenvalue weighted by Gasteiger charge is 2.26. The molecule has 0 saturated heterocycles. The molecule has 0 aliphatic heterocycles. The summed E-state index contributed by atoms with van der Waals surface area (Å²) < 4.78 is 0. The molecule has 0 N–H and O–H groups in total. The molecule has 3 aromatic rings. The molecule has 1 saturated carbocycles. The fourth-order valence-electron chi connectivity index (χ4n) is 4.82. The summed E-state index contributed by atoms with van der Waals surface area (Å²) in [4.78, 5) is 0. The highest BCUT2D eigenvalue weighted by Crippen LogP contribution is 2.45. The second kappa shape index (κ2) is 12.7. The third kappa shape index (κ3) is 6.02. The third-order valence-corrected chi connectivity index (χ3v) is 10.5. The molecule has 31 heavy (non-hydrogen) atoms. The molecule has 0 heterocycles. The van der Waals surface area contributed by atoms with E-state index in [4.69, 9.17) is 0 Å². The lowest BCUT2D eigenvalue weighted by molar-refractivity contribution is 0.549. The highest BCUT2D eigenvalue weighted by molar-refractivity contribution is 7.94. The zero-order valence-electron chi connectivity index (χ0n) is 19.4. The van der Waals surface area contributed by atoms with Crippen LogP contribution in [0.3, 0.4) is 0 Å². The summed E-state index contributed by atoms with van der Waals surface area (Å²) in [7, 11) is 0. The summed E-state index contributed by atoms with van der Waals surface area (Å²) >= 11 is 0. The van der Waals surface area contributed by atoms with Crippen molar-refractivity contribution in [2.24, 2.45) is 5.92 Å². The van der Waals surface area contributed by atoms with Crippen LogP contribution in [0.15, 0.2) is 91.0 Å². The third-order valence-electron chi connectivity index (χ3n) is 6.32. The number of hydrogen-bond donors (Lipinski definition) is 0. The molecule has 0 spiro atoms. The normalized spacial score (nSPS) is 15.5. The summed E-state index contributed by atoms with van der Waals surface area (Å²) in [5.74, 6) is 3.51. The SMILES string of the molecule is C(C1CCCCCCCC1)=P(c1ccccc1)(c1ccccc1)c1ccccc1.CC. The van der Waals surface area contributed by atoms with Gasteiger partial charge in [0.05, 0.1) is 0 Å². The molecule has 4 rings (SSSR count). The maximum atomic E-state index is 2.82. The molecule has 164 valence electrons. The zero-order chi connectivity index (χ0) is 21.8. The smallest absolute Gasteiger partial charge is 0.0163 e. The number of rotatable bonds is 4. The van der Waals surface area contributed by atoms with Crippen LogP contribution in [0, 0.1) is 5.92 Å². The van der Waals surface area contributed by atoms with Gasteiger partial charge in [0.25, 0.3) is 0 Å². The van der Waals surface area contributed by atoms with Gasteiger partial charge < -0.3 is 0 Å². The van der Waals surface area contributed by atoms with Crippen molar-refractivity contribution >= 4 is 28.6 Å². The molecule has 1 heteroatoms. The minimum Gasteiger partial charge on any atom is -0.0711 e. The second-order valence-electron chi connectivity index (χ2n) is 8.34. The van der Waals surface area contributed by atoms with Crippen molar-refractivity contribution in [3.63, 3.8) is 0 Å². The van der Waals surface area contributed by atoms with Gasteiger partial charge in [0.2, 0.25) is 0 Å². The second-order valence-corrected chi connectivity index (χ2v) is 11.6. The zero-order valence-corrected chi connectivity index (χ0v) is 20.3. The van der Waals surface area contributed by atoms with Crippen LogP contribution in [0.25, 0.3) is 0 Å². The van der Waals surface area contributed by atoms with Crippen LogP contribution in [0.2, 0.25) is 0 Å². The minimum atomic E-state index is -1.79. The van der Waals surface area contributed by atoms with Gasteiger partial charge in [-0.15, -0.1) is 0 Å². The van der Waals surface area contributed by atoms with Gasteiger partial charge in [-0.2, -0.15) is 0 Å². The van der Waals surface area contributed by atoms with Crippen molar-refractivity contribution in [1.82, 2.24) is 0 Å². The van der Waals surface area contributed by atoms with Gasteiger partial charge in [-0.25, -0.2) is 0 Å². The van der Waals surface area contributed by atoms with Gasteiger partial charge in [0, 0.05) is 0 Å². The van der Waals surface area contributed by atoms with E-state index >= 15 is 0 Å². The van der Waals surface area contributed by atoms with E-state index in [9.17, 15) is 0 Å². The maximum Gasteiger partial charge on any atom is -0.0163 e. The van der Waals surface area contributed by atoms with Crippen molar-refractivity contribution in [1.29, 1.82) is 0 Å². The van der Waals surface area contributed by atoms with Gasteiger partial charge in [-0.1, -0.05) is 149 Å². The van der Waals surface area contributed by atoms with Gasteiger partial charge >= 0.3 is 0 Å². The summed E-state index contributed by atoms with van der Waals surface area (Å²) in [5.41, 5.74) is 0. The lowest BCUT2D eigenvalue weighted by Gasteiger charge is -2.31. The van der Waals surface area contributed by atoms with Gasteiger partial charge in [0.15, 0.2) is 0 Å². The molecule has 1 aliphatic rings. The summed E-state index contributed by atoms with van der Waals surface area (Å²) in [6, 6.07) is 33.9. The molecule has 0 bridgehead atoms. The molecule has 0 nitrogen and oxygen atoms in total. The van der Waals surface area contributed by atoms with Gasteiger partial charge in [-0.05, 0) is 41.6 Å². The van der Waals surface area contributed by atoms with E-state index in [0.717, 1.165) is 0 Å². The Morgan fingerprint density at radius 3 is 1.19 bits per heavy atom. The topological polar surface area (TPSA) is 0 Å². The Labute approximate surface area is 190 Å². The summed E-state index contributed by atoms with van der Waals surface area (Å²) in [6.45, 7) is 2.21. The van der Waals surface area contributed by atoms with E-state index in [-0.39, 0.29) is 0 Å². The number of benzene rings is 3. The van der Waals surface area contributed by atoms with Gasteiger partial charge in [-0.3, -0.25) is 0 Å². The molecule has 1 aliphatic carbocycles. The quantitative estimate of drug-likeness (QED) is 0.375. The first-order valence-electron chi connectivity index (χ1n) is 12.3. The van der Waals surface area contributed by atoms with E-state index < -0.39 is 6.89 Å². The van der Waals surface area contributed by atoms with Crippen LogP contribution in [0.4, 0.5) is 0 Å². The predicted octanol–water partition coefficient (Wildman–Crippen LogP) is 7.56. The van der Waals surface area contributed by atoms with Crippen molar-refractivity contribution in [2.75, 3.05) is 0 Å². The van der Waals surface area contributed by atoms with Crippen LogP contribution in [0.1, 0.15) is 65.2 Å². The van der Waals surface area contributed by atoms with E-state index in [1.165, 1.54) is 67.3 Å². The van der Waals surface area contributed by atoms with Crippen LogP contribution in [0.5, 0.6) is 0 Å². The Morgan fingerprint density at radius 1 is 0.516 bits per heavy atom. The molecule has 0 unspecified atom stereocenters. The molecule has 0 aromatic heterocycles. The summed E-state index contributed by atoms with van der Waals surface area (Å²) in [5, 5.41) is 4.45. The Bertz CT molecular complexity index is 799. The molecule has 0 radical (unpaired) electrons. The van der Waals surface area contributed by atoms with Gasteiger partial charge in [0.1, 0.15) is 0 Å². The first-order valence-corrected chi connectivity index (χ1v) is 14.2. The fourth-order valence-corrected chi connectivity index (χ4v) is 9.09. The Balaban J connectivity index is 0.00000132. The Kier molecular flexibility index (Phi) is 9.70. The van der Waals surface area contributed by atoms with E-state index in [0.29, 0.717) is 5.92 Å². The van der Waals surface area contributed by atoms with E-state index in [1.54, 1.807) is 0 Å². The average molecular weight is 431 g/mol. The van der Waals surface area contributed by atoms with Crippen LogP contribution >= 0.6 is 6.89 Å². The minimum absolute atomic E-state index is 0.696. The molecule has 3 aromatic carbocycles. The largest absolute Gasteiger partial charge is 0.0711 e. The number of hydrogen-bond acceptors (Lipinski definition) is 0. The molecule has 0 amide bonds. The lowest BCUT2D eigenvalue weighted by atomic mass is 9.99. The predicted molar refractivity (Wildman–Crippen MR) is 143 cm³/mol. The molecular weight excluding hydrogens is 391 g/mol. The first-order chi connectivity index (χ1) is 15.4. The first kappa shape index (κ1) is 23.6. The van der Waals surface area contributed by atoms with Crippen molar-refractivity contribution in [3.8, 4) is 0 Å². The Morgan fingerprint density at radius 2 is 0.839 bits per heavy atom. The lowest BCUT2D eigenvalue weighted by Crippen LogP contribution is -2.28. The summed E-state index contributed by atoms with van der Waals surface area (Å²) in [6.07, 6.45) is 11.1. The highest BCUT2D eigenvalue weighted by atomic mass is 31.2. The van der Waals surface area contributed by atoms with E-state index in [1.807, 2.05) is 13.8 Å². The van der Waals surface area contributed by atoms with Crippen molar-refractivity contribution in [2.45, 2.75) is 65.2 Å². The molecular formula is C30H39P. The standard InChI is InChI=1S/C28H33P.C2H6/c1-2-4-9-17-25(16-8-3-1)24-29(26-18-10-5-11-19-26,27-20-12-6-13-21-27)28-22-14-7-15-23-28;1-2/h5-7,10-15,18-25H,1-4,8-9,16-17H2;1-2H3. The van der Waals surface area contributed by atoms with Crippen molar-refractivity contribution < 1.29 is 0 Å². The monoisotopic (exact) mass is 430 g/mol. The molecule has 1 fully saturated rings. The fraction of sp³-hybridized carbons (Fsp3) is 0.367. The van der Waals surface area contributed by atoms with Crippen LogP contribution < -0.4 is 15.9 Å². The maximum absolute atomic E-state index is 2.82. The average Bonchev–Trinajstić information content (AvgIpc) is 2.99. The molecule has 0 atom stereocenters. The van der Waals surface area contributed by atoms with Crippen LogP contribution in [-0.4, -0.2) is 5.80 Å². The van der Waals surface area contributed by atoms with Crippen molar-refractivity contribution in [3.05, 3.63) is 91.0 Å². The Hall–Kier alpha value is -2.04. The van der Waals surface area contributed by atoms with E-state index in [2.05, 4.69) is 96.8 Å².